The third-order valence-electron chi connectivity index (χ3n) is 2.39. The van der Waals surface area contributed by atoms with Crippen LogP contribution < -0.4 is 10.6 Å². The van der Waals surface area contributed by atoms with E-state index in [1.807, 2.05) is 12.4 Å². The predicted molar refractivity (Wildman–Crippen MR) is 67.6 cm³/mol. The number of nitrogens with zero attached hydrogens (tertiary/aromatic N) is 3. The molecule has 0 aliphatic heterocycles. The van der Waals surface area contributed by atoms with E-state index in [0.717, 1.165) is 43.9 Å². The molecule has 0 spiro atoms. The highest BCUT2D eigenvalue weighted by atomic mass is 15.2. The van der Waals surface area contributed by atoms with Crippen LogP contribution in [-0.2, 0) is 6.42 Å². The minimum atomic E-state index is 0.649. The van der Waals surface area contributed by atoms with Crippen molar-refractivity contribution in [2.45, 2.75) is 33.1 Å². The summed E-state index contributed by atoms with van der Waals surface area (Å²) >= 11 is 0. The second kappa shape index (κ2) is 7.17. The van der Waals surface area contributed by atoms with Crippen molar-refractivity contribution in [3.63, 3.8) is 0 Å². The lowest BCUT2D eigenvalue weighted by molar-refractivity contribution is 0.719. The molecule has 0 aliphatic carbocycles. The third kappa shape index (κ3) is 3.77. The number of aromatic nitrogens is 2. The second-order valence-electron chi connectivity index (χ2n) is 3.92. The maximum absolute atomic E-state index is 5.49. The third-order valence-corrected chi connectivity index (χ3v) is 2.39. The summed E-state index contributed by atoms with van der Waals surface area (Å²) in [5.41, 5.74) is 6.60. The van der Waals surface area contributed by atoms with E-state index in [1.165, 1.54) is 0 Å². The van der Waals surface area contributed by atoms with Crippen molar-refractivity contribution in [1.29, 1.82) is 0 Å². The van der Waals surface area contributed by atoms with Gasteiger partial charge in [-0.1, -0.05) is 13.8 Å². The van der Waals surface area contributed by atoms with Gasteiger partial charge in [0.1, 0.15) is 0 Å². The summed E-state index contributed by atoms with van der Waals surface area (Å²) in [7, 11) is 0. The van der Waals surface area contributed by atoms with Crippen LogP contribution in [0.5, 0.6) is 0 Å². The molecule has 16 heavy (non-hydrogen) atoms. The Balaban J connectivity index is 2.68. The lowest BCUT2D eigenvalue weighted by atomic mass is 10.2. The monoisotopic (exact) mass is 222 g/mol. The Kier molecular flexibility index (Phi) is 5.78. The first-order chi connectivity index (χ1) is 7.81. The van der Waals surface area contributed by atoms with Crippen LogP contribution in [0, 0.1) is 0 Å². The lowest BCUT2D eigenvalue weighted by Crippen LogP contribution is -2.26. The van der Waals surface area contributed by atoms with Gasteiger partial charge in [-0.3, -0.25) is 0 Å². The molecule has 0 bridgehead atoms. The molecule has 1 aromatic heterocycles. The average Bonchev–Trinajstić information content (AvgIpc) is 2.30. The highest BCUT2D eigenvalue weighted by molar-refractivity contribution is 5.29. The molecule has 1 aromatic rings. The molecular formula is C12H22N4. The standard InChI is InChI=1S/C12H22N4/c1-3-7-16(8-4-2)12-14-9-11(5-6-13)10-15-12/h9-10H,3-8,13H2,1-2H3. The topological polar surface area (TPSA) is 55.0 Å². The van der Waals surface area contributed by atoms with Crippen molar-refractivity contribution in [2.24, 2.45) is 5.73 Å². The van der Waals surface area contributed by atoms with Gasteiger partial charge in [0.05, 0.1) is 0 Å². The first kappa shape index (κ1) is 12.9. The fourth-order valence-corrected chi connectivity index (χ4v) is 1.66. The maximum atomic E-state index is 5.49. The summed E-state index contributed by atoms with van der Waals surface area (Å²) in [5, 5.41) is 0. The van der Waals surface area contributed by atoms with E-state index in [0.29, 0.717) is 6.54 Å². The minimum absolute atomic E-state index is 0.649. The van der Waals surface area contributed by atoms with Gasteiger partial charge in [-0.05, 0) is 31.4 Å². The Hall–Kier alpha value is -1.16. The molecule has 0 fully saturated rings. The summed E-state index contributed by atoms with van der Waals surface area (Å²) in [6.07, 6.45) is 6.85. The van der Waals surface area contributed by atoms with Crippen molar-refractivity contribution in [2.75, 3.05) is 24.5 Å². The van der Waals surface area contributed by atoms with E-state index < -0.39 is 0 Å². The zero-order chi connectivity index (χ0) is 11.8. The molecule has 90 valence electrons. The van der Waals surface area contributed by atoms with Gasteiger partial charge in [-0.15, -0.1) is 0 Å². The average molecular weight is 222 g/mol. The van der Waals surface area contributed by atoms with Crippen molar-refractivity contribution in [3.05, 3.63) is 18.0 Å². The molecule has 0 saturated heterocycles. The molecule has 0 amide bonds. The zero-order valence-electron chi connectivity index (χ0n) is 10.3. The maximum Gasteiger partial charge on any atom is 0.225 e. The van der Waals surface area contributed by atoms with E-state index in [9.17, 15) is 0 Å². The molecule has 4 heteroatoms. The van der Waals surface area contributed by atoms with Gasteiger partial charge in [-0.2, -0.15) is 0 Å². The van der Waals surface area contributed by atoms with Crippen LogP contribution in [0.1, 0.15) is 32.3 Å². The van der Waals surface area contributed by atoms with Crippen LogP contribution in [0.25, 0.3) is 0 Å². The molecule has 0 saturated carbocycles. The predicted octanol–water partition coefficient (Wildman–Crippen LogP) is 1.60. The largest absolute Gasteiger partial charge is 0.341 e. The highest BCUT2D eigenvalue weighted by Gasteiger charge is 2.06. The van der Waals surface area contributed by atoms with E-state index in [1.54, 1.807) is 0 Å². The van der Waals surface area contributed by atoms with Crippen LogP contribution in [-0.4, -0.2) is 29.6 Å². The molecule has 0 atom stereocenters. The molecule has 0 unspecified atom stereocenters. The van der Waals surface area contributed by atoms with Gasteiger partial charge < -0.3 is 10.6 Å². The van der Waals surface area contributed by atoms with Crippen molar-refractivity contribution >= 4 is 5.95 Å². The summed E-state index contributed by atoms with van der Waals surface area (Å²) < 4.78 is 0. The number of hydrogen-bond acceptors (Lipinski definition) is 4. The van der Waals surface area contributed by atoms with Crippen LogP contribution in [0.4, 0.5) is 5.95 Å². The molecule has 1 rings (SSSR count). The van der Waals surface area contributed by atoms with Gasteiger partial charge in [0.2, 0.25) is 5.95 Å². The fourth-order valence-electron chi connectivity index (χ4n) is 1.66. The quantitative estimate of drug-likeness (QED) is 0.761. The number of anilines is 1. The van der Waals surface area contributed by atoms with Gasteiger partial charge in [0.15, 0.2) is 0 Å². The number of rotatable bonds is 7. The molecule has 0 aromatic carbocycles. The van der Waals surface area contributed by atoms with Crippen LogP contribution >= 0.6 is 0 Å². The minimum Gasteiger partial charge on any atom is -0.341 e. The van der Waals surface area contributed by atoms with Crippen molar-refractivity contribution in [3.8, 4) is 0 Å². The van der Waals surface area contributed by atoms with Crippen molar-refractivity contribution in [1.82, 2.24) is 9.97 Å². The highest BCUT2D eigenvalue weighted by Crippen LogP contribution is 2.08. The summed E-state index contributed by atoms with van der Waals surface area (Å²) in [5.74, 6) is 0.837. The van der Waals surface area contributed by atoms with Crippen LogP contribution in [0.2, 0.25) is 0 Å². The summed E-state index contributed by atoms with van der Waals surface area (Å²) in [4.78, 5) is 11.0. The normalized spacial score (nSPS) is 10.4. The molecule has 1 heterocycles. The second-order valence-corrected chi connectivity index (χ2v) is 3.92. The van der Waals surface area contributed by atoms with E-state index in [4.69, 9.17) is 5.73 Å². The zero-order valence-corrected chi connectivity index (χ0v) is 10.3. The van der Waals surface area contributed by atoms with Gasteiger partial charge in [0, 0.05) is 25.5 Å². The van der Waals surface area contributed by atoms with Gasteiger partial charge in [-0.25, -0.2) is 9.97 Å². The molecular weight excluding hydrogens is 200 g/mol. The summed E-state index contributed by atoms with van der Waals surface area (Å²) in [6.45, 7) is 7.03. The Morgan fingerprint density at radius 3 is 2.12 bits per heavy atom. The molecule has 0 aliphatic rings. The molecule has 2 N–H and O–H groups in total. The fraction of sp³-hybridized carbons (Fsp3) is 0.667. The number of nitrogens with two attached hydrogens (primary N) is 1. The smallest absolute Gasteiger partial charge is 0.225 e. The summed E-state index contributed by atoms with van der Waals surface area (Å²) in [6, 6.07) is 0. The van der Waals surface area contributed by atoms with Crippen LogP contribution in [0.15, 0.2) is 12.4 Å². The van der Waals surface area contributed by atoms with Gasteiger partial charge >= 0.3 is 0 Å². The molecule has 0 radical (unpaired) electrons. The van der Waals surface area contributed by atoms with E-state index in [-0.39, 0.29) is 0 Å². The van der Waals surface area contributed by atoms with E-state index in [2.05, 4.69) is 28.7 Å². The van der Waals surface area contributed by atoms with E-state index >= 15 is 0 Å². The first-order valence-electron chi connectivity index (χ1n) is 6.07. The Labute approximate surface area is 97.9 Å². The first-order valence-corrected chi connectivity index (χ1v) is 6.07. The Bertz CT molecular complexity index is 278. The number of hydrogen-bond donors (Lipinski definition) is 1. The Morgan fingerprint density at radius 2 is 1.69 bits per heavy atom. The van der Waals surface area contributed by atoms with Gasteiger partial charge in [0.25, 0.3) is 0 Å². The lowest BCUT2D eigenvalue weighted by Gasteiger charge is -2.21. The molecule has 4 nitrogen and oxygen atoms in total. The van der Waals surface area contributed by atoms with Crippen LogP contribution in [0.3, 0.4) is 0 Å². The Morgan fingerprint density at radius 1 is 1.12 bits per heavy atom. The SMILES string of the molecule is CCCN(CCC)c1ncc(CCN)cn1. The van der Waals surface area contributed by atoms with Crippen molar-refractivity contribution < 1.29 is 0 Å².